The molecule has 0 heterocycles. The zero-order valence-electron chi connectivity index (χ0n) is 18.5. The number of amides is 2. The smallest absolute Gasteiger partial charge is 0.408 e. The van der Waals surface area contributed by atoms with E-state index >= 15 is 0 Å². The van der Waals surface area contributed by atoms with Gasteiger partial charge >= 0.3 is 12.1 Å². The summed E-state index contributed by atoms with van der Waals surface area (Å²) in [4.78, 5) is 37.6. The van der Waals surface area contributed by atoms with E-state index < -0.39 is 30.1 Å². The molecule has 0 bridgehead atoms. The minimum absolute atomic E-state index is 0.0943. The van der Waals surface area contributed by atoms with E-state index in [0.717, 1.165) is 15.6 Å². The van der Waals surface area contributed by atoms with Crippen LogP contribution in [-0.2, 0) is 32.1 Å². The van der Waals surface area contributed by atoms with Crippen LogP contribution in [0, 0.1) is 5.92 Å². The normalized spacial score (nSPS) is 12.5. The Kier molecular flexibility index (Phi) is 10.2. The average molecular weight is 505 g/mol. The van der Waals surface area contributed by atoms with Crippen LogP contribution in [0.15, 0.2) is 59.1 Å². The molecule has 0 fully saturated rings. The Balaban J connectivity index is 2.03. The molecule has 2 atom stereocenters. The first-order chi connectivity index (χ1) is 15.3. The number of carbonyl (C=O) groups is 3. The fraction of sp³-hybridized carbons (Fsp3) is 0.375. The average Bonchev–Trinajstić information content (AvgIpc) is 2.78. The molecule has 0 aliphatic carbocycles. The molecule has 0 saturated heterocycles. The number of alkyl carbamates (subject to hydrolysis) is 1. The number of esters is 1. The van der Waals surface area contributed by atoms with Crippen molar-refractivity contribution in [3.63, 3.8) is 0 Å². The molecule has 0 aliphatic rings. The summed E-state index contributed by atoms with van der Waals surface area (Å²) in [5.74, 6) is -0.901. The number of carbonyl (C=O) groups excluding carboxylic acids is 3. The summed E-state index contributed by atoms with van der Waals surface area (Å²) in [5, 5.41) is 5.34. The van der Waals surface area contributed by atoms with Crippen LogP contribution < -0.4 is 10.6 Å². The molecule has 0 saturated carbocycles. The van der Waals surface area contributed by atoms with Gasteiger partial charge in [0.15, 0.2) is 0 Å². The Labute approximate surface area is 197 Å². The van der Waals surface area contributed by atoms with Crippen LogP contribution in [0.4, 0.5) is 4.79 Å². The topological polar surface area (TPSA) is 93.7 Å². The van der Waals surface area contributed by atoms with Crippen LogP contribution in [0.5, 0.6) is 0 Å². The largest absolute Gasteiger partial charge is 0.467 e. The van der Waals surface area contributed by atoms with E-state index in [9.17, 15) is 14.4 Å². The Hall–Kier alpha value is -2.87. The summed E-state index contributed by atoms with van der Waals surface area (Å²) in [6.45, 7) is 3.98. The fourth-order valence-electron chi connectivity index (χ4n) is 3.07. The van der Waals surface area contributed by atoms with Crippen LogP contribution in [0.1, 0.15) is 31.4 Å². The zero-order chi connectivity index (χ0) is 23.5. The standard InChI is InChI=1S/C24H29BrN2O5/c1-16(2)13-20(27-24(30)32-15-18-7-5-4-6-8-18)22(28)26-21(23(29)31-3)14-17-9-11-19(25)12-10-17/h4-12,16,20-21H,13-15H2,1-3H3,(H,26,28)(H,27,30)/t20-,21-/m0/s1. The van der Waals surface area contributed by atoms with E-state index in [1.807, 2.05) is 68.4 Å². The summed E-state index contributed by atoms with van der Waals surface area (Å²) < 4.78 is 11.0. The number of benzene rings is 2. The molecule has 2 N–H and O–H groups in total. The highest BCUT2D eigenvalue weighted by Gasteiger charge is 2.28. The molecule has 0 aliphatic heterocycles. The molecule has 8 heteroatoms. The lowest BCUT2D eigenvalue weighted by atomic mass is 10.0. The summed E-state index contributed by atoms with van der Waals surface area (Å²) >= 11 is 3.37. The van der Waals surface area contributed by atoms with Crippen molar-refractivity contribution in [2.45, 2.75) is 45.4 Å². The Morgan fingerprint density at radius 3 is 2.16 bits per heavy atom. The van der Waals surface area contributed by atoms with Gasteiger partial charge in [-0.15, -0.1) is 0 Å². The highest BCUT2D eigenvalue weighted by molar-refractivity contribution is 9.10. The van der Waals surface area contributed by atoms with Gasteiger partial charge in [0.25, 0.3) is 0 Å². The van der Waals surface area contributed by atoms with Crippen molar-refractivity contribution < 1.29 is 23.9 Å². The maximum atomic E-state index is 13.0. The molecule has 0 aromatic heterocycles. The summed E-state index contributed by atoms with van der Waals surface area (Å²) in [6.07, 6.45) is -0.0473. The maximum Gasteiger partial charge on any atom is 0.408 e. The van der Waals surface area contributed by atoms with Crippen LogP contribution in [0.3, 0.4) is 0 Å². The van der Waals surface area contributed by atoms with Crippen LogP contribution in [-0.4, -0.2) is 37.2 Å². The highest BCUT2D eigenvalue weighted by atomic mass is 79.9. The molecular formula is C24H29BrN2O5. The van der Waals surface area contributed by atoms with Crippen LogP contribution >= 0.6 is 15.9 Å². The third kappa shape index (κ3) is 8.70. The van der Waals surface area contributed by atoms with Gasteiger partial charge in [0.1, 0.15) is 18.7 Å². The lowest BCUT2D eigenvalue weighted by molar-refractivity contribution is -0.145. The minimum Gasteiger partial charge on any atom is -0.467 e. The third-order valence-corrected chi connectivity index (χ3v) is 5.21. The van der Waals surface area contributed by atoms with Crippen molar-refractivity contribution in [3.8, 4) is 0 Å². The lowest BCUT2D eigenvalue weighted by Crippen LogP contribution is -2.53. The molecule has 2 rings (SSSR count). The summed E-state index contributed by atoms with van der Waals surface area (Å²) in [5.41, 5.74) is 1.70. The number of rotatable bonds is 10. The van der Waals surface area contributed by atoms with E-state index in [0.29, 0.717) is 6.42 Å². The SMILES string of the molecule is COC(=O)[C@H](Cc1ccc(Br)cc1)NC(=O)[C@H](CC(C)C)NC(=O)OCc1ccccc1. The number of nitrogens with one attached hydrogen (secondary N) is 2. The van der Waals surface area contributed by atoms with E-state index in [4.69, 9.17) is 9.47 Å². The maximum absolute atomic E-state index is 13.0. The number of halogens is 1. The summed E-state index contributed by atoms with van der Waals surface area (Å²) in [7, 11) is 1.27. The number of hydrogen-bond donors (Lipinski definition) is 2. The molecule has 0 spiro atoms. The number of methoxy groups -OCH3 is 1. The molecular weight excluding hydrogens is 476 g/mol. The number of ether oxygens (including phenoxy) is 2. The molecule has 32 heavy (non-hydrogen) atoms. The van der Waals surface area contributed by atoms with Crippen molar-refractivity contribution in [2.24, 2.45) is 5.92 Å². The van der Waals surface area contributed by atoms with E-state index in [1.165, 1.54) is 7.11 Å². The Morgan fingerprint density at radius 1 is 0.906 bits per heavy atom. The second-order valence-electron chi connectivity index (χ2n) is 7.80. The molecule has 172 valence electrons. The quantitative estimate of drug-likeness (QED) is 0.477. The van der Waals surface area contributed by atoms with Gasteiger partial charge in [-0.2, -0.15) is 0 Å². The third-order valence-electron chi connectivity index (χ3n) is 4.68. The van der Waals surface area contributed by atoms with Gasteiger partial charge in [0, 0.05) is 10.9 Å². The van der Waals surface area contributed by atoms with Crippen molar-refractivity contribution in [1.29, 1.82) is 0 Å². The molecule has 0 unspecified atom stereocenters. The fourth-order valence-corrected chi connectivity index (χ4v) is 3.34. The summed E-state index contributed by atoms with van der Waals surface area (Å²) in [6, 6.07) is 15.0. The second-order valence-corrected chi connectivity index (χ2v) is 8.72. The van der Waals surface area contributed by atoms with Crippen LogP contribution in [0.2, 0.25) is 0 Å². The van der Waals surface area contributed by atoms with Crippen molar-refractivity contribution in [3.05, 3.63) is 70.2 Å². The Bertz CT molecular complexity index is 887. The lowest BCUT2D eigenvalue weighted by Gasteiger charge is -2.23. The second kappa shape index (κ2) is 12.9. The van der Waals surface area contributed by atoms with Crippen molar-refractivity contribution >= 4 is 33.9 Å². The first-order valence-corrected chi connectivity index (χ1v) is 11.2. The van der Waals surface area contributed by atoms with E-state index in [-0.39, 0.29) is 18.9 Å². The van der Waals surface area contributed by atoms with Gasteiger partial charge in [0.05, 0.1) is 7.11 Å². The first-order valence-electron chi connectivity index (χ1n) is 10.4. The van der Waals surface area contributed by atoms with E-state index in [1.54, 1.807) is 0 Å². The molecule has 2 aromatic rings. The monoisotopic (exact) mass is 504 g/mol. The van der Waals surface area contributed by atoms with Gasteiger partial charge < -0.3 is 20.1 Å². The van der Waals surface area contributed by atoms with Gasteiger partial charge in [-0.1, -0.05) is 72.2 Å². The van der Waals surface area contributed by atoms with Gasteiger partial charge in [-0.25, -0.2) is 9.59 Å². The zero-order valence-corrected chi connectivity index (χ0v) is 20.1. The predicted octanol–water partition coefficient (Wildman–Crippen LogP) is 3.99. The van der Waals surface area contributed by atoms with Gasteiger partial charge in [0.2, 0.25) is 5.91 Å². The minimum atomic E-state index is -0.884. The van der Waals surface area contributed by atoms with Gasteiger partial charge in [-0.3, -0.25) is 4.79 Å². The molecule has 2 aromatic carbocycles. The number of hydrogen-bond acceptors (Lipinski definition) is 5. The van der Waals surface area contributed by atoms with Crippen molar-refractivity contribution in [2.75, 3.05) is 7.11 Å². The van der Waals surface area contributed by atoms with E-state index in [2.05, 4.69) is 26.6 Å². The highest BCUT2D eigenvalue weighted by Crippen LogP contribution is 2.13. The first kappa shape index (κ1) is 25.4. The molecule has 0 radical (unpaired) electrons. The predicted molar refractivity (Wildman–Crippen MR) is 125 cm³/mol. The Morgan fingerprint density at radius 2 is 1.56 bits per heavy atom. The van der Waals surface area contributed by atoms with Gasteiger partial charge in [-0.05, 0) is 35.6 Å². The van der Waals surface area contributed by atoms with Crippen molar-refractivity contribution in [1.82, 2.24) is 10.6 Å². The molecule has 2 amide bonds. The molecule has 7 nitrogen and oxygen atoms in total. The van der Waals surface area contributed by atoms with Crippen LogP contribution in [0.25, 0.3) is 0 Å².